The van der Waals surface area contributed by atoms with Crippen molar-refractivity contribution in [1.29, 1.82) is 0 Å². The highest BCUT2D eigenvalue weighted by Crippen LogP contribution is 2.21. The summed E-state index contributed by atoms with van der Waals surface area (Å²) in [6.07, 6.45) is 1.42. The van der Waals surface area contributed by atoms with E-state index in [4.69, 9.17) is 39.6 Å². The third-order valence-corrected chi connectivity index (χ3v) is 3.42. The summed E-state index contributed by atoms with van der Waals surface area (Å²) in [7, 11) is 0. The molecule has 20 heavy (non-hydrogen) atoms. The van der Waals surface area contributed by atoms with Gasteiger partial charge in [0.25, 0.3) is 0 Å². The van der Waals surface area contributed by atoms with E-state index in [0.29, 0.717) is 20.6 Å². The highest BCUT2D eigenvalue weighted by atomic mass is 35.5. The van der Waals surface area contributed by atoms with Gasteiger partial charge in [-0.1, -0.05) is 52.1 Å². The molecule has 6 heteroatoms. The van der Waals surface area contributed by atoms with E-state index in [0.717, 1.165) is 0 Å². The zero-order chi connectivity index (χ0) is 14.5. The maximum Gasteiger partial charge on any atom is 0.146 e. The Hall–Kier alpha value is -1.29. The molecule has 0 bridgehead atoms. The standard InChI is InChI=1S/C14H9Cl3FNO/c15-10-5-4-9(13(17)6-10)7-19-20-8-11-12(16)2-1-3-14(11)18/h1-7H,8H2/b19-7+. The Bertz CT molecular complexity index is 626. The van der Waals surface area contributed by atoms with Gasteiger partial charge in [-0.15, -0.1) is 0 Å². The minimum Gasteiger partial charge on any atom is -0.391 e. The highest BCUT2D eigenvalue weighted by molar-refractivity contribution is 6.36. The summed E-state index contributed by atoms with van der Waals surface area (Å²) in [5.74, 6) is -0.433. The summed E-state index contributed by atoms with van der Waals surface area (Å²) in [5, 5.41) is 5.01. The molecule has 2 nitrogen and oxygen atoms in total. The van der Waals surface area contributed by atoms with Gasteiger partial charge in [0.05, 0.1) is 16.3 Å². The van der Waals surface area contributed by atoms with E-state index in [1.807, 2.05) is 0 Å². The molecule has 0 fully saturated rings. The predicted octanol–water partition coefficient (Wildman–Crippen LogP) is 5.34. The monoisotopic (exact) mass is 331 g/mol. The number of halogens is 4. The minimum absolute atomic E-state index is 0.0623. The Kier molecular flexibility index (Phi) is 5.24. The smallest absolute Gasteiger partial charge is 0.146 e. The minimum atomic E-state index is -0.433. The first kappa shape index (κ1) is 15.1. The fraction of sp³-hybridized carbons (Fsp3) is 0.0714. The van der Waals surface area contributed by atoms with Crippen LogP contribution in [0.5, 0.6) is 0 Å². The van der Waals surface area contributed by atoms with Crippen LogP contribution in [0, 0.1) is 5.82 Å². The highest BCUT2D eigenvalue weighted by Gasteiger charge is 2.06. The number of rotatable bonds is 4. The molecule has 0 radical (unpaired) electrons. The molecule has 0 spiro atoms. The van der Waals surface area contributed by atoms with Crippen LogP contribution in [0.2, 0.25) is 15.1 Å². The molecule has 0 atom stereocenters. The van der Waals surface area contributed by atoms with Crippen molar-refractivity contribution in [3.8, 4) is 0 Å². The van der Waals surface area contributed by atoms with Crippen molar-refractivity contribution in [2.45, 2.75) is 6.61 Å². The van der Waals surface area contributed by atoms with Gasteiger partial charge in [0.1, 0.15) is 12.4 Å². The number of nitrogens with zero attached hydrogens (tertiary/aromatic N) is 1. The number of hydrogen-bond donors (Lipinski definition) is 0. The second-order valence-electron chi connectivity index (χ2n) is 3.87. The molecule has 0 amide bonds. The van der Waals surface area contributed by atoms with Crippen LogP contribution in [0.1, 0.15) is 11.1 Å². The molecule has 0 heterocycles. The van der Waals surface area contributed by atoms with E-state index in [-0.39, 0.29) is 12.2 Å². The average Bonchev–Trinajstić information content (AvgIpc) is 2.39. The molecule has 2 aromatic carbocycles. The summed E-state index contributed by atoms with van der Waals surface area (Å²) in [5.41, 5.74) is 0.907. The second kappa shape index (κ2) is 6.93. The van der Waals surface area contributed by atoms with E-state index >= 15 is 0 Å². The predicted molar refractivity (Wildman–Crippen MR) is 80.3 cm³/mol. The first-order valence-corrected chi connectivity index (χ1v) is 6.74. The molecule has 0 saturated heterocycles. The maximum atomic E-state index is 13.5. The Morgan fingerprint density at radius 2 is 1.90 bits per heavy atom. The molecule has 0 unspecified atom stereocenters. The molecule has 104 valence electrons. The quantitative estimate of drug-likeness (QED) is 0.547. The van der Waals surface area contributed by atoms with Gasteiger partial charge in [-0.2, -0.15) is 0 Å². The van der Waals surface area contributed by atoms with Crippen LogP contribution in [0.15, 0.2) is 41.6 Å². The number of hydrogen-bond acceptors (Lipinski definition) is 2. The fourth-order valence-electron chi connectivity index (χ4n) is 1.47. The van der Waals surface area contributed by atoms with Crippen molar-refractivity contribution in [2.75, 3.05) is 0 Å². The van der Waals surface area contributed by atoms with Crippen LogP contribution in [0.4, 0.5) is 4.39 Å². The number of oxime groups is 1. The third-order valence-electron chi connectivity index (χ3n) is 2.50. The van der Waals surface area contributed by atoms with Crippen molar-refractivity contribution in [1.82, 2.24) is 0 Å². The van der Waals surface area contributed by atoms with E-state index in [9.17, 15) is 4.39 Å². The van der Waals surface area contributed by atoms with Gasteiger partial charge in [-0.05, 0) is 24.3 Å². The lowest BCUT2D eigenvalue weighted by Gasteiger charge is -2.04. The van der Waals surface area contributed by atoms with Crippen molar-refractivity contribution < 1.29 is 9.23 Å². The van der Waals surface area contributed by atoms with Crippen LogP contribution >= 0.6 is 34.8 Å². The summed E-state index contributed by atoms with van der Waals surface area (Å²) in [6, 6.07) is 9.40. The molecule has 2 rings (SSSR count). The average molecular weight is 333 g/mol. The Labute approximate surface area is 130 Å². The van der Waals surface area contributed by atoms with Crippen molar-refractivity contribution >= 4 is 41.0 Å². The summed E-state index contributed by atoms with van der Waals surface area (Å²) in [6.45, 7) is -0.0623. The lowest BCUT2D eigenvalue weighted by molar-refractivity contribution is 0.129. The van der Waals surface area contributed by atoms with Gasteiger partial charge < -0.3 is 4.84 Å². The van der Waals surface area contributed by atoms with Crippen LogP contribution < -0.4 is 0 Å². The van der Waals surface area contributed by atoms with Gasteiger partial charge in [0, 0.05) is 16.1 Å². The zero-order valence-corrected chi connectivity index (χ0v) is 12.4. The first-order chi connectivity index (χ1) is 9.58. The van der Waals surface area contributed by atoms with Crippen molar-refractivity contribution in [3.05, 3.63) is 68.4 Å². The number of benzene rings is 2. The van der Waals surface area contributed by atoms with E-state index < -0.39 is 5.82 Å². The van der Waals surface area contributed by atoms with Gasteiger partial charge in [-0.3, -0.25) is 0 Å². The Morgan fingerprint density at radius 3 is 2.60 bits per heavy atom. The third kappa shape index (κ3) is 3.85. The molecule has 0 N–H and O–H groups in total. The van der Waals surface area contributed by atoms with E-state index in [1.165, 1.54) is 18.3 Å². The lowest BCUT2D eigenvalue weighted by Crippen LogP contribution is -1.94. The van der Waals surface area contributed by atoms with E-state index in [2.05, 4.69) is 5.16 Å². The van der Waals surface area contributed by atoms with Gasteiger partial charge in [0.2, 0.25) is 0 Å². The second-order valence-corrected chi connectivity index (χ2v) is 5.12. The molecular weight excluding hydrogens is 324 g/mol. The van der Waals surface area contributed by atoms with Crippen LogP contribution in [-0.2, 0) is 11.4 Å². The molecule has 2 aromatic rings. The van der Waals surface area contributed by atoms with Crippen LogP contribution in [0.3, 0.4) is 0 Å². The van der Waals surface area contributed by atoms with Crippen molar-refractivity contribution in [3.63, 3.8) is 0 Å². The molecule has 0 aliphatic rings. The van der Waals surface area contributed by atoms with Gasteiger partial charge >= 0.3 is 0 Å². The fourth-order valence-corrected chi connectivity index (χ4v) is 2.15. The lowest BCUT2D eigenvalue weighted by atomic mass is 10.2. The summed E-state index contributed by atoms with van der Waals surface area (Å²) >= 11 is 17.6. The maximum absolute atomic E-state index is 13.5. The molecular formula is C14H9Cl3FNO. The topological polar surface area (TPSA) is 21.6 Å². The van der Waals surface area contributed by atoms with E-state index in [1.54, 1.807) is 24.3 Å². The molecule has 0 aromatic heterocycles. The van der Waals surface area contributed by atoms with Crippen LogP contribution in [0.25, 0.3) is 0 Å². The molecule has 0 saturated carbocycles. The van der Waals surface area contributed by atoms with Gasteiger partial charge in [0.15, 0.2) is 0 Å². The molecule has 0 aliphatic heterocycles. The zero-order valence-electron chi connectivity index (χ0n) is 10.1. The Morgan fingerprint density at radius 1 is 1.10 bits per heavy atom. The normalized spacial score (nSPS) is 11.0. The Balaban J connectivity index is 2.01. The SMILES string of the molecule is Fc1cccc(Cl)c1CO/N=C/c1ccc(Cl)cc1Cl. The van der Waals surface area contributed by atoms with Gasteiger partial charge in [-0.25, -0.2) is 4.39 Å². The molecule has 0 aliphatic carbocycles. The van der Waals surface area contributed by atoms with Crippen molar-refractivity contribution in [2.24, 2.45) is 5.16 Å². The summed E-state index contributed by atoms with van der Waals surface area (Å²) < 4.78 is 13.5. The largest absolute Gasteiger partial charge is 0.391 e. The van der Waals surface area contributed by atoms with Crippen LogP contribution in [-0.4, -0.2) is 6.21 Å². The summed E-state index contributed by atoms with van der Waals surface area (Å²) in [4.78, 5) is 5.02. The first-order valence-electron chi connectivity index (χ1n) is 5.61.